The number of ether oxygens (including phenoxy) is 1. The second kappa shape index (κ2) is 8.86. The number of hydrogen-bond donors (Lipinski definition) is 4. The van der Waals surface area contributed by atoms with Crippen LogP contribution in [0.25, 0.3) is 0 Å². The lowest BCUT2D eigenvalue weighted by Gasteiger charge is -2.30. The normalized spacial score (nSPS) is 14.7. The molecule has 0 saturated carbocycles. The molecule has 16 heteroatoms. The van der Waals surface area contributed by atoms with Gasteiger partial charge in [-0.3, -0.25) is 4.90 Å². The van der Waals surface area contributed by atoms with Gasteiger partial charge < -0.3 is 25.4 Å². The summed E-state index contributed by atoms with van der Waals surface area (Å²) >= 11 is 0. The average Bonchev–Trinajstić information content (AvgIpc) is 3.12. The highest BCUT2D eigenvalue weighted by Gasteiger charge is 2.44. The highest BCUT2D eigenvalue weighted by molar-refractivity contribution is 5.97. The minimum absolute atomic E-state index is 0.134. The molecule has 35 heavy (non-hydrogen) atoms. The third-order valence-corrected chi connectivity index (χ3v) is 4.61. The summed E-state index contributed by atoms with van der Waals surface area (Å²) < 4.78 is 99.0. The van der Waals surface area contributed by atoms with Crippen molar-refractivity contribution in [2.24, 2.45) is 0 Å². The number of alkyl halides is 6. The van der Waals surface area contributed by atoms with Gasteiger partial charge in [-0.15, -0.1) is 0 Å². The van der Waals surface area contributed by atoms with Crippen LogP contribution >= 0.6 is 0 Å². The number of benzene rings is 2. The molecule has 0 bridgehead atoms. The number of urea groups is 1. The van der Waals surface area contributed by atoms with Crippen molar-refractivity contribution in [3.05, 3.63) is 53.3 Å². The predicted octanol–water partition coefficient (Wildman–Crippen LogP) is 2.99. The molecule has 190 valence electrons. The molecule has 1 aliphatic heterocycles. The molecule has 1 saturated heterocycles. The molecule has 0 unspecified atom stereocenters. The fraction of sp³-hybridized carbons (Fsp3) is 0.263. The summed E-state index contributed by atoms with van der Waals surface area (Å²) in [6.45, 7) is -0.577. The van der Waals surface area contributed by atoms with E-state index in [0.29, 0.717) is 29.2 Å². The highest BCUT2D eigenvalue weighted by atomic mass is 19.4. The molecule has 4 N–H and O–H groups in total. The second-order valence-corrected chi connectivity index (χ2v) is 7.03. The molecule has 1 aliphatic rings. The van der Waals surface area contributed by atoms with Crippen molar-refractivity contribution in [1.29, 1.82) is 0 Å². The standard InChI is InChI=1S/C19H14F7N3O6/c20-10-1-3-11(4-2-10)29(19(32,33)34)16(31)35-14-12(18(24,25)26)7-9(17(21,22)23)8-13(14)28-6-5-27-15(28)30/h1-4,7-8,32-34H,5-6H2,(H,27,30). The van der Waals surface area contributed by atoms with E-state index in [4.69, 9.17) is 0 Å². The lowest BCUT2D eigenvalue weighted by Crippen LogP contribution is -2.53. The Labute approximate surface area is 190 Å². The Kier molecular flexibility index (Phi) is 6.58. The van der Waals surface area contributed by atoms with E-state index in [1.165, 1.54) is 0 Å². The Bertz CT molecular complexity index is 1130. The lowest BCUT2D eigenvalue weighted by atomic mass is 10.1. The van der Waals surface area contributed by atoms with Crippen molar-refractivity contribution in [2.75, 3.05) is 22.9 Å². The molecule has 1 heterocycles. The molecule has 0 atom stereocenters. The Balaban J connectivity index is 2.20. The Morgan fingerprint density at radius 3 is 2.06 bits per heavy atom. The first-order chi connectivity index (χ1) is 16.0. The first-order valence-corrected chi connectivity index (χ1v) is 9.32. The number of halogens is 7. The Hall–Kier alpha value is -3.63. The van der Waals surface area contributed by atoms with Gasteiger partial charge in [0.05, 0.1) is 16.9 Å². The molecule has 0 spiro atoms. The van der Waals surface area contributed by atoms with E-state index >= 15 is 0 Å². The highest BCUT2D eigenvalue weighted by Crippen LogP contribution is 2.46. The maximum Gasteiger partial charge on any atom is 0.426 e. The van der Waals surface area contributed by atoms with Crippen molar-refractivity contribution >= 4 is 23.5 Å². The number of aliphatic hydroxyl groups is 3. The fourth-order valence-electron chi connectivity index (χ4n) is 3.12. The van der Waals surface area contributed by atoms with Crippen LogP contribution in [0.15, 0.2) is 36.4 Å². The number of rotatable bonds is 4. The van der Waals surface area contributed by atoms with E-state index in [1.54, 1.807) is 0 Å². The van der Waals surface area contributed by atoms with Crippen LogP contribution in [-0.4, -0.2) is 46.6 Å². The minimum Gasteiger partial charge on any atom is -0.407 e. The van der Waals surface area contributed by atoms with Gasteiger partial charge in [-0.05, 0) is 36.4 Å². The zero-order valence-electron chi connectivity index (χ0n) is 17.0. The quantitative estimate of drug-likeness (QED) is 0.369. The minimum atomic E-state index is -5.56. The third kappa shape index (κ3) is 5.55. The summed E-state index contributed by atoms with van der Waals surface area (Å²) in [7, 11) is 0. The van der Waals surface area contributed by atoms with Gasteiger partial charge in [0.25, 0.3) is 0 Å². The first kappa shape index (κ1) is 26.0. The van der Waals surface area contributed by atoms with E-state index < -0.39 is 76.1 Å². The van der Waals surface area contributed by atoms with Crippen molar-refractivity contribution in [2.45, 2.75) is 18.4 Å². The zero-order valence-corrected chi connectivity index (χ0v) is 17.0. The van der Waals surface area contributed by atoms with E-state index in [9.17, 15) is 55.6 Å². The first-order valence-electron chi connectivity index (χ1n) is 9.32. The summed E-state index contributed by atoms with van der Waals surface area (Å²) in [5.41, 5.74) is -5.76. The number of hydrogen-bond acceptors (Lipinski definition) is 6. The number of carbonyl (C=O) groups is 2. The van der Waals surface area contributed by atoms with Crippen LogP contribution in [0, 0.1) is 5.82 Å². The van der Waals surface area contributed by atoms with Crippen LogP contribution < -0.4 is 19.9 Å². The molecular formula is C19H14F7N3O6. The van der Waals surface area contributed by atoms with Crippen molar-refractivity contribution in [3.63, 3.8) is 0 Å². The van der Waals surface area contributed by atoms with Crippen LogP contribution in [-0.2, 0) is 12.4 Å². The summed E-state index contributed by atoms with van der Waals surface area (Å²) in [5.74, 6) is -2.48. The Morgan fingerprint density at radius 2 is 1.60 bits per heavy atom. The van der Waals surface area contributed by atoms with Crippen LogP contribution in [0.5, 0.6) is 5.75 Å². The second-order valence-electron chi connectivity index (χ2n) is 7.03. The van der Waals surface area contributed by atoms with Crippen molar-refractivity contribution in [3.8, 4) is 5.75 Å². The molecule has 0 aromatic heterocycles. The molecule has 3 amide bonds. The van der Waals surface area contributed by atoms with E-state index in [-0.39, 0.29) is 18.7 Å². The predicted molar refractivity (Wildman–Crippen MR) is 101 cm³/mol. The molecule has 1 fully saturated rings. The number of amides is 3. The van der Waals surface area contributed by atoms with Crippen LogP contribution in [0.4, 0.5) is 51.7 Å². The largest absolute Gasteiger partial charge is 0.426 e. The molecule has 2 aromatic carbocycles. The summed E-state index contributed by atoms with van der Waals surface area (Å²) in [6.07, 6.45) is -17.1. The molecule has 9 nitrogen and oxygen atoms in total. The summed E-state index contributed by atoms with van der Waals surface area (Å²) in [4.78, 5) is 24.7. The summed E-state index contributed by atoms with van der Waals surface area (Å²) in [5, 5.41) is 30.8. The maximum atomic E-state index is 13.8. The monoisotopic (exact) mass is 513 g/mol. The molecule has 3 rings (SSSR count). The van der Waals surface area contributed by atoms with Gasteiger partial charge in [0.1, 0.15) is 11.4 Å². The molecular weight excluding hydrogens is 499 g/mol. The fourth-order valence-corrected chi connectivity index (χ4v) is 3.12. The van der Waals surface area contributed by atoms with Crippen LogP contribution in [0.1, 0.15) is 11.1 Å². The van der Waals surface area contributed by atoms with Gasteiger partial charge in [0.15, 0.2) is 5.75 Å². The topological polar surface area (TPSA) is 123 Å². The van der Waals surface area contributed by atoms with Gasteiger partial charge in [-0.1, -0.05) is 0 Å². The molecule has 0 radical (unpaired) electrons. The van der Waals surface area contributed by atoms with Gasteiger partial charge in [-0.2, -0.15) is 31.2 Å². The van der Waals surface area contributed by atoms with E-state index in [1.807, 2.05) is 0 Å². The van der Waals surface area contributed by atoms with Crippen molar-refractivity contribution in [1.82, 2.24) is 5.32 Å². The van der Waals surface area contributed by atoms with Gasteiger partial charge >= 0.3 is 30.6 Å². The molecule has 0 aliphatic carbocycles. The Morgan fingerprint density at radius 1 is 1.00 bits per heavy atom. The SMILES string of the molecule is O=C1NCCN1c1cc(C(F)(F)F)cc(C(F)(F)F)c1OC(=O)N(c1ccc(F)cc1)C(O)(O)O. The number of nitrogens with zero attached hydrogens (tertiary/aromatic N) is 2. The zero-order chi connectivity index (χ0) is 26.3. The smallest absolute Gasteiger partial charge is 0.407 e. The lowest BCUT2D eigenvalue weighted by molar-refractivity contribution is -0.305. The summed E-state index contributed by atoms with van der Waals surface area (Å²) in [6, 6.07) is 1.44. The maximum absolute atomic E-state index is 13.8. The van der Waals surface area contributed by atoms with Gasteiger partial charge in [-0.25, -0.2) is 14.0 Å². The van der Waals surface area contributed by atoms with E-state index in [0.717, 1.165) is 0 Å². The van der Waals surface area contributed by atoms with Crippen LogP contribution in [0.2, 0.25) is 0 Å². The number of anilines is 2. The van der Waals surface area contributed by atoms with Crippen LogP contribution in [0.3, 0.4) is 0 Å². The number of nitrogens with one attached hydrogen (secondary N) is 1. The van der Waals surface area contributed by atoms with Gasteiger partial charge in [0, 0.05) is 13.1 Å². The number of carbonyl (C=O) groups excluding carboxylic acids is 2. The molecule has 2 aromatic rings. The average molecular weight is 513 g/mol. The van der Waals surface area contributed by atoms with Gasteiger partial charge in [0.2, 0.25) is 0 Å². The van der Waals surface area contributed by atoms with E-state index in [2.05, 4.69) is 10.1 Å². The van der Waals surface area contributed by atoms with Crippen molar-refractivity contribution < 1.29 is 60.4 Å². The third-order valence-electron chi connectivity index (χ3n) is 4.61.